The molecule has 0 bridgehead atoms. The maximum atomic E-state index is 11.7. The van der Waals surface area contributed by atoms with Crippen molar-refractivity contribution in [3.05, 3.63) is 107 Å². The smallest absolute Gasteiger partial charge is 0.341 e. The second kappa shape index (κ2) is 62.3. The summed E-state index contributed by atoms with van der Waals surface area (Å²) < 4.78 is 23.2. The summed E-state index contributed by atoms with van der Waals surface area (Å²) in [6.45, 7) is 10.3. The fraction of sp³-hybridized carbons (Fsp3) is 0.434. The Morgan fingerprint density at radius 2 is 1.18 bits per heavy atom. The first kappa shape index (κ1) is 94.9. The molecule has 22 nitrogen and oxygen atoms in total. The second-order valence-electron chi connectivity index (χ2n) is 14.5. The number of benzene rings is 3. The number of nitriles is 1. The number of methoxy groups -OCH3 is 2. The van der Waals surface area contributed by atoms with Crippen molar-refractivity contribution in [3.63, 3.8) is 0 Å². The first-order chi connectivity index (χ1) is 35.2. The van der Waals surface area contributed by atoms with Crippen LogP contribution >= 0.6 is 0 Å². The number of hydrogen-bond donors (Lipinski definition) is 9. The zero-order chi connectivity index (χ0) is 56.9. The number of nitrogens with two attached hydrogens (primary N) is 1. The van der Waals surface area contributed by atoms with Gasteiger partial charge in [-0.3, -0.25) is 19.2 Å². The van der Waals surface area contributed by atoms with Gasteiger partial charge in [0.2, 0.25) is 5.91 Å². The number of carbonyl (C=O) groups excluding carboxylic acids is 5. The van der Waals surface area contributed by atoms with Crippen molar-refractivity contribution in [2.75, 3.05) is 47.1 Å². The molecule has 0 aromatic heterocycles. The molecule has 3 aromatic rings. The third kappa shape index (κ3) is 50.6. The van der Waals surface area contributed by atoms with Crippen molar-refractivity contribution in [1.82, 2.24) is 5.32 Å². The molecule has 0 aliphatic heterocycles. The molecule has 0 atom stereocenters. The summed E-state index contributed by atoms with van der Waals surface area (Å²) in [4.78, 5) is 77.7. The standard InChI is InChI=1S/C17H21NO6.C12H15NO5.C9H7NO4.C7H12O2.C4H11BO2.C2H6.2CH4.2W.2Y/c1-2-3-4-5-15(20)18-8-9-24-16(21)11-12-6-7-14(19)13(10-12)17(22)23;1-17-12(16)9-6-8(2-3-10(9)14)7-11(15)18-5-4-13;1-13-9(12)7-4-6(14-5-10)2-3-8(7)11;1-2-3-4-5-6-7(8)9;1-5(7)3-2-4-6;1-2;;;;;;/h3-4,6-7,10,19H,2,5,8-9,11H2,1H3,(H,18,20)(H,22,23);2-3,6,14H,4-5,7,13H2,1H3;2-4,11H,1H3;4-5H,2-3,6H2,1H3,(H,8,9);6-7H,2-4H2,1H3;1-2H3;2*1H4;;;;/b4-3-;;;5-4-;;;;;;;;. The molecule has 1 amide bonds. The van der Waals surface area contributed by atoms with E-state index < -0.39 is 35.8 Å². The fourth-order valence-electron chi connectivity index (χ4n) is 4.98. The van der Waals surface area contributed by atoms with E-state index in [1.807, 2.05) is 32.9 Å². The monoisotopic (exact) mass is 1620 g/mol. The van der Waals surface area contributed by atoms with Gasteiger partial charge in [0.15, 0.2) is 0 Å². The minimum Gasteiger partial charge on any atom is -0.507 e. The van der Waals surface area contributed by atoms with E-state index in [2.05, 4.69) is 26.5 Å². The van der Waals surface area contributed by atoms with Crippen LogP contribution in [0.15, 0.2) is 78.9 Å². The maximum Gasteiger partial charge on any atom is 0.341 e. The number of aliphatic carboxylic acids is 1. The molecule has 0 fully saturated rings. The molecule has 442 valence electrons. The summed E-state index contributed by atoms with van der Waals surface area (Å²) in [6.07, 6.45) is 13.4. The molecule has 0 heterocycles. The van der Waals surface area contributed by atoms with E-state index in [1.165, 1.54) is 75.1 Å². The summed E-state index contributed by atoms with van der Waals surface area (Å²) in [6, 6.07) is 12.0. The average molecular weight is 1620 g/mol. The number of nitrogens with zero attached hydrogens (tertiary/aromatic N) is 1. The number of rotatable bonds is 23. The van der Waals surface area contributed by atoms with Gasteiger partial charge >= 0.3 is 35.8 Å². The van der Waals surface area contributed by atoms with Gasteiger partial charge in [0.25, 0.3) is 13.2 Å². The van der Waals surface area contributed by atoms with E-state index in [0.29, 0.717) is 23.9 Å². The molecular weight excluding hydrogens is 1540 g/mol. The summed E-state index contributed by atoms with van der Waals surface area (Å²) >= 11 is 0. The van der Waals surface area contributed by atoms with E-state index in [4.69, 9.17) is 40.8 Å². The van der Waals surface area contributed by atoms with Gasteiger partial charge < -0.3 is 70.4 Å². The molecular formula is C53H80BN3O19W2Y2. The number of amides is 1. The summed E-state index contributed by atoms with van der Waals surface area (Å²) in [7, 11) is 2.41. The van der Waals surface area contributed by atoms with Crippen LogP contribution in [-0.4, -0.2) is 131 Å². The van der Waals surface area contributed by atoms with Gasteiger partial charge in [0.1, 0.15) is 52.9 Å². The number of esters is 4. The van der Waals surface area contributed by atoms with Crippen molar-refractivity contribution in [2.24, 2.45) is 5.73 Å². The normalized spacial score (nSPS) is 8.96. The number of phenols is 3. The largest absolute Gasteiger partial charge is 0.507 e. The molecule has 0 saturated heterocycles. The minimum atomic E-state index is -1.28. The number of ether oxygens (including phenoxy) is 5. The van der Waals surface area contributed by atoms with E-state index in [-0.39, 0.29) is 234 Å². The zero-order valence-corrected chi connectivity index (χ0v) is 56.6. The fourth-order valence-corrected chi connectivity index (χ4v) is 4.98. The van der Waals surface area contributed by atoms with Crippen LogP contribution in [-0.2, 0) is 159 Å². The van der Waals surface area contributed by atoms with E-state index >= 15 is 0 Å². The molecule has 3 rings (SSSR count). The first-order valence-corrected chi connectivity index (χ1v) is 23.3. The maximum absolute atomic E-state index is 11.7. The third-order valence-electron chi connectivity index (χ3n) is 8.46. The van der Waals surface area contributed by atoms with E-state index in [0.717, 1.165) is 19.3 Å². The predicted octanol–water partition coefficient (Wildman–Crippen LogP) is 7.00. The van der Waals surface area contributed by atoms with Crippen molar-refractivity contribution < 1.29 is 200 Å². The number of aromatic hydroxyl groups is 3. The number of unbranched alkanes of at least 4 members (excludes halogenated alkanes) is 1. The Bertz CT molecular complexity index is 2270. The molecule has 3 aromatic carbocycles. The molecule has 0 saturated carbocycles. The van der Waals surface area contributed by atoms with E-state index in [1.54, 1.807) is 19.0 Å². The van der Waals surface area contributed by atoms with Crippen molar-refractivity contribution in [3.8, 4) is 29.3 Å². The SMILES string of the molecule is C.C.CB(O)CCCO.CC.CC/C=C\CC(=O)NCCOC(=O)Cc1ccc(O)c(C(=O)O)c1.CCC/C=C\CC(=O)O.COC(=O)c1cc(CC(=O)OCCN)ccc1O.COC(=O)c1cc(OC#N)ccc1O.[W].[W].[Y].[Y]. The Morgan fingerprint density at radius 3 is 1.59 bits per heavy atom. The Balaban J connectivity index is -0.000000115. The number of carboxylic acids is 2. The van der Waals surface area contributed by atoms with Gasteiger partial charge in [-0.1, -0.05) is 92.2 Å². The minimum absolute atomic E-state index is 0. The van der Waals surface area contributed by atoms with Crippen LogP contribution in [0.25, 0.3) is 0 Å². The van der Waals surface area contributed by atoms with Gasteiger partial charge in [-0.05, 0) is 73.1 Å². The number of hydrogen-bond acceptors (Lipinski definition) is 19. The summed E-state index contributed by atoms with van der Waals surface area (Å²) in [5.74, 6) is -5.13. The van der Waals surface area contributed by atoms with Crippen LogP contribution < -0.4 is 15.8 Å². The van der Waals surface area contributed by atoms with Crippen LogP contribution in [0.1, 0.15) is 123 Å². The summed E-state index contributed by atoms with van der Waals surface area (Å²) in [5, 5.41) is 72.8. The van der Waals surface area contributed by atoms with Crippen LogP contribution in [0.2, 0.25) is 13.1 Å². The number of phenolic OH excluding ortho intramolecular Hbond substituents is 2. The van der Waals surface area contributed by atoms with Crippen molar-refractivity contribution in [2.45, 2.75) is 107 Å². The van der Waals surface area contributed by atoms with Crippen LogP contribution in [0.4, 0.5) is 0 Å². The molecule has 10 N–H and O–H groups in total. The van der Waals surface area contributed by atoms with Gasteiger partial charge in [0, 0.05) is 133 Å². The van der Waals surface area contributed by atoms with Gasteiger partial charge in [-0.25, -0.2) is 14.4 Å². The molecule has 80 heavy (non-hydrogen) atoms. The summed E-state index contributed by atoms with van der Waals surface area (Å²) in [5.41, 5.74) is 5.88. The molecule has 0 aliphatic rings. The second-order valence-corrected chi connectivity index (χ2v) is 14.5. The Labute approximate surface area is 550 Å². The van der Waals surface area contributed by atoms with E-state index in [9.17, 15) is 48.9 Å². The number of aliphatic hydroxyl groups excluding tert-OH is 1. The number of carbonyl (C=O) groups is 7. The molecule has 2 radical (unpaired) electrons. The zero-order valence-electron chi connectivity index (χ0n) is 45.0. The quantitative estimate of drug-likeness (QED) is 0.0115. The first-order valence-electron chi connectivity index (χ1n) is 23.3. The average Bonchev–Trinajstić information content (AvgIpc) is 3.38. The molecule has 27 heteroatoms. The third-order valence-corrected chi connectivity index (χ3v) is 8.46. The molecule has 0 aliphatic carbocycles. The van der Waals surface area contributed by atoms with Crippen molar-refractivity contribution >= 4 is 48.6 Å². The molecule has 0 spiro atoms. The number of allylic oxidation sites excluding steroid dienone is 2. The topological polar surface area (TPSA) is 369 Å². The Morgan fingerprint density at radius 1 is 0.713 bits per heavy atom. The predicted molar refractivity (Wildman–Crippen MR) is 287 cm³/mol. The van der Waals surface area contributed by atoms with Crippen LogP contribution in [0, 0.1) is 11.5 Å². The Hall–Kier alpha value is -4.35. The van der Waals surface area contributed by atoms with Gasteiger partial charge in [0.05, 0.1) is 40.0 Å². The Kier molecular flexibility index (Phi) is 73.8. The van der Waals surface area contributed by atoms with Gasteiger partial charge in [-0.2, -0.15) is 0 Å². The number of aromatic carboxylic acids is 1. The molecule has 0 unspecified atom stereocenters. The number of carboxylic acid groups (broad SMARTS) is 2. The number of aliphatic hydroxyl groups is 1. The van der Waals surface area contributed by atoms with Crippen LogP contribution in [0.3, 0.4) is 0 Å². The van der Waals surface area contributed by atoms with Crippen molar-refractivity contribution in [1.29, 1.82) is 5.26 Å². The number of nitrogens with one attached hydrogen (secondary N) is 1. The van der Waals surface area contributed by atoms with Crippen LogP contribution in [0.5, 0.6) is 23.0 Å². The van der Waals surface area contributed by atoms with Gasteiger partial charge in [-0.15, -0.1) is 5.26 Å².